The van der Waals surface area contributed by atoms with Crippen LogP contribution in [0.4, 0.5) is 0 Å². The summed E-state index contributed by atoms with van der Waals surface area (Å²) in [6.07, 6.45) is 1.45. The molecule has 1 aliphatic rings. The van der Waals surface area contributed by atoms with Gasteiger partial charge in [0.2, 0.25) is 0 Å². The van der Waals surface area contributed by atoms with Crippen molar-refractivity contribution in [2.24, 2.45) is 0 Å². The fraction of sp³-hybridized carbons (Fsp3) is 0.889. The molecule has 2 atom stereocenters. The van der Waals surface area contributed by atoms with Gasteiger partial charge in [0.05, 0.1) is 6.42 Å². The summed E-state index contributed by atoms with van der Waals surface area (Å²) in [4.78, 5) is 12.7. The van der Waals surface area contributed by atoms with Crippen LogP contribution in [0.5, 0.6) is 0 Å². The van der Waals surface area contributed by atoms with Crippen molar-refractivity contribution in [1.29, 1.82) is 0 Å². The lowest BCUT2D eigenvalue weighted by Crippen LogP contribution is -2.39. The Labute approximate surface area is 83.5 Å². The van der Waals surface area contributed by atoms with E-state index in [9.17, 15) is 4.79 Å². The quantitative estimate of drug-likeness (QED) is 0.747. The van der Waals surface area contributed by atoms with Gasteiger partial charge in [-0.25, -0.2) is 0 Å². The molecule has 1 saturated heterocycles. The lowest BCUT2D eigenvalue weighted by molar-refractivity contribution is -0.138. The van der Waals surface area contributed by atoms with Crippen molar-refractivity contribution >= 4 is 17.7 Å². The fourth-order valence-electron chi connectivity index (χ4n) is 1.60. The largest absolute Gasteiger partial charge is 0.481 e. The van der Waals surface area contributed by atoms with Gasteiger partial charge < -0.3 is 5.11 Å². The van der Waals surface area contributed by atoms with Gasteiger partial charge in [-0.2, -0.15) is 11.8 Å². The van der Waals surface area contributed by atoms with Crippen LogP contribution in [0.15, 0.2) is 0 Å². The Morgan fingerprint density at radius 3 is 2.92 bits per heavy atom. The van der Waals surface area contributed by atoms with Crippen LogP contribution in [0.1, 0.15) is 19.8 Å². The van der Waals surface area contributed by atoms with Crippen LogP contribution >= 0.6 is 11.8 Å². The zero-order chi connectivity index (χ0) is 9.84. The average molecular weight is 203 g/mol. The van der Waals surface area contributed by atoms with Crippen LogP contribution in [0.2, 0.25) is 0 Å². The Balaban J connectivity index is 2.36. The molecule has 0 spiro atoms. The molecule has 0 aromatic heterocycles. The van der Waals surface area contributed by atoms with Crippen molar-refractivity contribution in [2.75, 3.05) is 18.6 Å². The first-order chi connectivity index (χ1) is 6.11. The molecule has 0 aromatic carbocycles. The van der Waals surface area contributed by atoms with Crippen LogP contribution in [-0.2, 0) is 4.79 Å². The second-order valence-electron chi connectivity index (χ2n) is 3.63. The highest BCUT2D eigenvalue weighted by Gasteiger charge is 2.24. The normalized spacial score (nSPS) is 25.0. The highest BCUT2D eigenvalue weighted by molar-refractivity contribution is 7.99. The molecule has 76 valence electrons. The number of carboxylic acids is 1. The SMILES string of the molecule is CC(CC(=O)O)N(C)C1CCSC1. The van der Waals surface area contributed by atoms with E-state index < -0.39 is 5.97 Å². The van der Waals surface area contributed by atoms with Crippen LogP contribution in [0.3, 0.4) is 0 Å². The maximum Gasteiger partial charge on any atom is 0.304 e. The maximum absolute atomic E-state index is 10.5. The van der Waals surface area contributed by atoms with Crippen molar-refractivity contribution in [2.45, 2.75) is 31.8 Å². The summed E-state index contributed by atoms with van der Waals surface area (Å²) in [7, 11) is 2.03. The molecule has 3 nitrogen and oxygen atoms in total. The second kappa shape index (κ2) is 4.86. The summed E-state index contributed by atoms with van der Waals surface area (Å²) in [6, 6.07) is 0.737. The average Bonchev–Trinajstić information content (AvgIpc) is 2.53. The molecule has 1 N–H and O–H groups in total. The van der Waals surface area contributed by atoms with Gasteiger partial charge in [0.25, 0.3) is 0 Å². The molecule has 4 heteroatoms. The van der Waals surface area contributed by atoms with Gasteiger partial charge in [-0.05, 0) is 26.1 Å². The highest BCUT2D eigenvalue weighted by Crippen LogP contribution is 2.23. The van der Waals surface area contributed by atoms with Gasteiger partial charge in [-0.15, -0.1) is 0 Å². The monoisotopic (exact) mass is 203 g/mol. The summed E-state index contributed by atoms with van der Waals surface area (Å²) >= 11 is 1.96. The third-order valence-corrected chi connectivity index (χ3v) is 3.79. The van der Waals surface area contributed by atoms with Gasteiger partial charge in [0, 0.05) is 17.8 Å². The van der Waals surface area contributed by atoms with Crippen LogP contribution in [-0.4, -0.2) is 46.6 Å². The molecule has 13 heavy (non-hydrogen) atoms. The standard InChI is InChI=1S/C9H17NO2S/c1-7(5-9(11)12)10(2)8-3-4-13-6-8/h7-8H,3-6H2,1-2H3,(H,11,12). The van der Waals surface area contributed by atoms with Gasteiger partial charge in [-0.3, -0.25) is 9.69 Å². The molecule has 1 rings (SSSR count). The molecule has 1 heterocycles. The first-order valence-electron chi connectivity index (χ1n) is 4.62. The van der Waals surface area contributed by atoms with Crippen molar-refractivity contribution in [1.82, 2.24) is 4.90 Å². The molecule has 0 radical (unpaired) electrons. The van der Waals surface area contributed by atoms with Crippen molar-refractivity contribution in [3.05, 3.63) is 0 Å². The van der Waals surface area contributed by atoms with E-state index in [1.807, 2.05) is 25.7 Å². The van der Waals surface area contributed by atoms with Crippen LogP contribution in [0.25, 0.3) is 0 Å². The fourth-order valence-corrected chi connectivity index (χ4v) is 2.88. The van der Waals surface area contributed by atoms with Gasteiger partial charge in [-0.1, -0.05) is 0 Å². The zero-order valence-electron chi connectivity index (χ0n) is 8.19. The molecule has 2 unspecified atom stereocenters. The number of hydrogen-bond donors (Lipinski definition) is 1. The molecule has 0 amide bonds. The minimum absolute atomic E-state index is 0.154. The molecule has 0 bridgehead atoms. The summed E-state index contributed by atoms with van der Waals surface area (Å²) in [6.45, 7) is 1.98. The summed E-state index contributed by atoms with van der Waals surface area (Å²) in [5.74, 6) is 1.67. The lowest BCUT2D eigenvalue weighted by Gasteiger charge is -2.29. The number of thioether (sulfide) groups is 1. The Kier molecular flexibility index (Phi) is 4.06. The topological polar surface area (TPSA) is 40.5 Å². The van der Waals surface area contributed by atoms with Crippen LogP contribution < -0.4 is 0 Å². The van der Waals surface area contributed by atoms with E-state index in [1.165, 1.54) is 12.2 Å². The third-order valence-electron chi connectivity index (χ3n) is 2.65. The van der Waals surface area contributed by atoms with Crippen LogP contribution in [0, 0.1) is 0 Å². The Morgan fingerprint density at radius 1 is 1.77 bits per heavy atom. The Hall–Kier alpha value is -0.220. The van der Waals surface area contributed by atoms with E-state index in [4.69, 9.17) is 5.11 Å². The summed E-state index contributed by atoms with van der Waals surface area (Å²) < 4.78 is 0. The van der Waals surface area contributed by atoms with Gasteiger partial charge >= 0.3 is 5.97 Å². The van der Waals surface area contributed by atoms with Crippen molar-refractivity contribution in [3.63, 3.8) is 0 Å². The van der Waals surface area contributed by atoms with E-state index in [-0.39, 0.29) is 12.5 Å². The van der Waals surface area contributed by atoms with E-state index in [0.29, 0.717) is 6.04 Å². The third kappa shape index (κ3) is 3.19. The Morgan fingerprint density at radius 2 is 2.46 bits per heavy atom. The Bertz CT molecular complexity index is 180. The smallest absolute Gasteiger partial charge is 0.304 e. The van der Waals surface area contributed by atoms with E-state index in [1.54, 1.807) is 0 Å². The first-order valence-corrected chi connectivity index (χ1v) is 5.78. The maximum atomic E-state index is 10.5. The minimum atomic E-state index is -0.704. The van der Waals surface area contributed by atoms with Gasteiger partial charge in [0.15, 0.2) is 0 Å². The number of carbonyl (C=O) groups is 1. The molecule has 1 fully saturated rings. The molecule has 1 aliphatic heterocycles. The molecule has 0 aliphatic carbocycles. The van der Waals surface area contributed by atoms with E-state index in [0.717, 1.165) is 5.75 Å². The number of aliphatic carboxylic acids is 1. The number of nitrogens with zero attached hydrogens (tertiary/aromatic N) is 1. The zero-order valence-corrected chi connectivity index (χ0v) is 9.01. The first kappa shape index (κ1) is 10.9. The van der Waals surface area contributed by atoms with E-state index in [2.05, 4.69) is 4.90 Å². The van der Waals surface area contributed by atoms with Crippen molar-refractivity contribution in [3.8, 4) is 0 Å². The number of rotatable bonds is 4. The number of carboxylic acid groups (broad SMARTS) is 1. The van der Waals surface area contributed by atoms with Crippen molar-refractivity contribution < 1.29 is 9.90 Å². The summed E-state index contributed by atoms with van der Waals surface area (Å²) in [5, 5.41) is 8.64. The molecule has 0 aromatic rings. The predicted octanol–water partition coefficient (Wildman–Crippen LogP) is 1.29. The minimum Gasteiger partial charge on any atom is -0.481 e. The summed E-state index contributed by atoms with van der Waals surface area (Å²) in [5.41, 5.74) is 0. The second-order valence-corrected chi connectivity index (χ2v) is 4.78. The van der Waals surface area contributed by atoms with Gasteiger partial charge in [0.1, 0.15) is 0 Å². The molecular formula is C9H17NO2S. The molecular weight excluding hydrogens is 186 g/mol. The molecule has 0 saturated carbocycles. The number of hydrogen-bond acceptors (Lipinski definition) is 3. The lowest BCUT2D eigenvalue weighted by atomic mass is 10.1. The highest BCUT2D eigenvalue weighted by atomic mass is 32.2. The predicted molar refractivity (Wildman–Crippen MR) is 55.2 cm³/mol. The van der Waals surface area contributed by atoms with E-state index >= 15 is 0 Å².